The van der Waals surface area contributed by atoms with Gasteiger partial charge in [-0.2, -0.15) is 0 Å². The first kappa shape index (κ1) is 18.9. The first-order valence-corrected chi connectivity index (χ1v) is 7.96. The number of carbonyl (C=O) groups excluding carboxylic acids is 2. The molecule has 9 nitrogen and oxygen atoms in total. The molecule has 1 aromatic heterocycles. The lowest BCUT2D eigenvalue weighted by atomic mass is 10.1. The molecule has 0 saturated heterocycles. The Labute approximate surface area is 154 Å². The van der Waals surface area contributed by atoms with E-state index in [0.717, 1.165) is 12.1 Å². The van der Waals surface area contributed by atoms with Crippen LogP contribution in [0.25, 0.3) is 0 Å². The van der Waals surface area contributed by atoms with Crippen LogP contribution in [0.4, 0.5) is 24.8 Å². The molecule has 0 unspecified atom stereocenters. The van der Waals surface area contributed by atoms with E-state index in [1.165, 1.54) is 11.7 Å². The number of hydrogen-bond donors (Lipinski definition) is 2. The van der Waals surface area contributed by atoms with Crippen molar-refractivity contribution in [2.75, 3.05) is 10.6 Å². The highest BCUT2D eigenvalue weighted by molar-refractivity contribution is 6.37. The molecule has 0 radical (unpaired) electrons. The van der Waals surface area contributed by atoms with E-state index < -0.39 is 34.6 Å². The van der Waals surface area contributed by atoms with Gasteiger partial charge in [0.2, 0.25) is 11.9 Å². The molecule has 27 heavy (non-hydrogen) atoms. The Balaban J connectivity index is 1.93. The van der Waals surface area contributed by atoms with Crippen LogP contribution in [-0.2, 0) is 11.8 Å². The van der Waals surface area contributed by atoms with Gasteiger partial charge in [-0.1, -0.05) is 16.7 Å². The Kier molecular flexibility index (Phi) is 4.91. The molecule has 1 heterocycles. The van der Waals surface area contributed by atoms with E-state index in [1.807, 2.05) is 0 Å². The van der Waals surface area contributed by atoms with Gasteiger partial charge in [0.05, 0.1) is 10.6 Å². The van der Waals surface area contributed by atoms with Gasteiger partial charge in [0, 0.05) is 13.0 Å². The molecule has 3 rings (SSSR count). The fourth-order valence-corrected chi connectivity index (χ4v) is 2.42. The molecule has 1 saturated carbocycles. The van der Waals surface area contributed by atoms with Crippen molar-refractivity contribution in [3.05, 3.63) is 22.7 Å². The van der Waals surface area contributed by atoms with Crippen molar-refractivity contribution >= 4 is 35.1 Å². The van der Waals surface area contributed by atoms with Gasteiger partial charge in [0.15, 0.2) is 5.75 Å². The van der Waals surface area contributed by atoms with Gasteiger partial charge in [0.25, 0.3) is 5.91 Å². The van der Waals surface area contributed by atoms with Crippen LogP contribution in [0.1, 0.15) is 23.2 Å². The SMILES string of the molecule is Cn1nnnc1NC(=O)c1ccc(OC(F)(F)F)c(NC(=O)C2CC2)c1Cl. The molecular formula is C14H12ClF3N6O3. The van der Waals surface area contributed by atoms with Crippen LogP contribution in [0, 0.1) is 5.92 Å². The molecule has 13 heteroatoms. The van der Waals surface area contributed by atoms with Crippen LogP contribution in [0.3, 0.4) is 0 Å². The van der Waals surface area contributed by atoms with E-state index in [4.69, 9.17) is 11.6 Å². The lowest BCUT2D eigenvalue weighted by molar-refractivity contribution is -0.274. The highest BCUT2D eigenvalue weighted by Crippen LogP contribution is 2.40. The summed E-state index contributed by atoms with van der Waals surface area (Å²) in [6.45, 7) is 0. The smallest absolute Gasteiger partial charge is 0.404 e. The Morgan fingerprint density at radius 2 is 2.00 bits per heavy atom. The predicted molar refractivity (Wildman–Crippen MR) is 86.2 cm³/mol. The van der Waals surface area contributed by atoms with Crippen molar-refractivity contribution < 1.29 is 27.5 Å². The third kappa shape index (κ3) is 4.45. The zero-order valence-electron chi connectivity index (χ0n) is 13.7. The summed E-state index contributed by atoms with van der Waals surface area (Å²) in [7, 11) is 1.47. The number of halogens is 4. The highest BCUT2D eigenvalue weighted by Gasteiger charge is 2.35. The molecule has 0 bridgehead atoms. The van der Waals surface area contributed by atoms with E-state index in [1.54, 1.807) is 0 Å². The maximum Gasteiger partial charge on any atom is 0.573 e. The summed E-state index contributed by atoms with van der Waals surface area (Å²) in [5, 5.41) is 14.7. The summed E-state index contributed by atoms with van der Waals surface area (Å²) in [5.41, 5.74) is -0.630. The lowest BCUT2D eigenvalue weighted by Crippen LogP contribution is -2.22. The van der Waals surface area contributed by atoms with Crippen LogP contribution in [0.5, 0.6) is 5.75 Å². The summed E-state index contributed by atoms with van der Waals surface area (Å²) >= 11 is 6.11. The number of alkyl halides is 3. The Morgan fingerprint density at radius 1 is 1.30 bits per heavy atom. The number of benzene rings is 1. The average Bonchev–Trinajstić information content (AvgIpc) is 3.34. The summed E-state index contributed by atoms with van der Waals surface area (Å²) in [6, 6.07) is 1.93. The van der Waals surface area contributed by atoms with Crippen molar-refractivity contribution in [1.82, 2.24) is 20.2 Å². The summed E-state index contributed by atoms with van der Waals surface area (Å²) in [4.78, 5) is 24.4. The van der Waals surface area contributed by atoms with Crippen LogP contribution >= 0.6 is 11.6 Å². The number of tetrazole rings is 1. The number of nitrogens with zero attached hydrogens (tertiary/aromatic N) is 4. The molecule has 144 valence electrons. The third-order valence-corrected chi connectivity index (χ3v) is 4.01. The number of anilines is 2. The van der Waals surface area contributed by atoms with E-state index in [9.17, 15) is 22.8 Å². The maximum absolute atomic E-state index is 12.6. The minimum absolute atomic E-state index is 0.00440. The zero-order valence-corrected chi connectivity index (χ0v) is 14.4. The van der Waals surface area contributed by atoms with Crippen molar-refractivity contribution in [3.63, 3.8) is 0 Å². The van der Waals surface area contributed by atoms with Crippen LogP contribution in [-0.4, -0.2) is 38.4 Å². The molecule has 1 fully saturated rings. The van der Waals surface area contributed by atoms with Gasteiger partial charge in [0.1, 0.15) is 5.69 Å². The van der Waals surface area contributed by atoms with Crippen molar-refractivity contribution in [3.8, 4) is 5.75 Å². The molecule has 1 aromatic carbocycles. The fraction of sp³-hybridized carbons (Fsp3) is 0.357. The predicted octanol–water partition coefficient (Wildman–Crippen LogP) is 2.36. The quantitative estimate of drug-likeness (QED) is 0.791. The largest absolute Gasteiger partial charge is 0.573 e. The molecule has 0 atom stereocenters. The van der Waals surface area contributed by atoms with Gasteiger partial charge in [-0.25, -0.2) is 4.68 Å². The van der Waals surface area contributed by atoms with Gasteiger partial charge in [-0.15, -0.1) is 13.2 Å². The summed E-state index contributed by atoms with van der Waals surface area (Å²) in [6.07, 6.45) is -3.76. The van der Waals surface area contributed by atoms with E-state index in [-0.39, 0.29) is 17.4 Å². The second-order valence-electron chi connectivity index (χ2n) is 5.69. The van der Waals surface area contributed by atoms with Crippen LogP contribution in [0.2, 0.25) is 5.02 Å². The van der Waals surface area contributed by atoms with Crippen molar-refractivity contribution in [1.29, 1.82) is 0 Å². The number of rotatable bonds is 5. The van der Waals surface area contributed by atoms with Crippen molar-refractivity contribution in [2.45, 2.75) is 19.2 Å². The van der Waals surface area contributed by atoms with Crippen LogP contribution < -0.4 is 15.4 Å². The number of aromatic nitrogens is 4. The molecule has 0 spiro atoms. The van der Waals surface area contributed by atoms with E-state index in [2.05, 4.69) is 30.9 Å². The third-order valence-electron chi connectivity index (χ3n) is 3.62. The average molecular weight is 405 g/mol. The second kappa shape index (κ2) is 7.02. The Morgan fingerprint density at radius 3 is 2.56 bits per heavy atom. The molecule has 2 N–H and O–H groups in total. The maximum atomic E-state index is 12.6. The Hall–Kier alpha value is -2.89. The Bertz CT molecular complexity index is 897. The first-order chi connectivity index (χ1) is 12.7. The van der Waals surface area contributed by atoms with Gasteiger partial charge in [-0.3, -0.25) is 14.9 Å². The number of aryl methyl sites for hydroxylation is 1. The van der Waals surface area contributed by atoms with Gasteiger partial charge in [-0.05, 0) is 35.4 Å². The normalized spacial score (nSPS) is 14.0. The monoisotopic (exact) mass is 404 g/mol. The van der Waals surface area contributed by atoms with Gasteiger partial charge < -0.3 is 10.1 Å². The molecule has 1 aliphatic rings. The van der Waals surface area contributed by atoms with E-state index >= 15 is 0 Å². The zero-order chi connectivity index (χ0) is 19.8. The molecule has 0 aliphatic heterocycles. The fourth-order valence-electron chi connectivity index (χ4n) is 2.13. The number of carbonyl (C=O) groups is 2. The first-order valence-electron chi connectivity index (χ1n) is 7.58. The number of amides is 2. The van der Waals surface area contributed by atoms with Crippen LogP contribution in [0.15, 0.2) is 12.1 Å². The van der Waals surface area contributed by atoms with Crippen molar-refractivity contribution in [2.24, 2.45) is 13.0 Å². The van der Waals surface area contributed by atoms with Gasteiger partial charge >= 0.3 is 6.36 Å². The number of hydrogen-bond acceptors (Lipinski definition) is 6. The molecular weight excluding hydrogens is 393 g/mol. The van der Waals surface area contributed by atoms with E-state index in [0.29, 0.717) is 12.8 Å². The minimum atomic E-state index is -5.00. The molecule has 2 aromatic rings. The minimum Gasteiger partial charge on any atom is -0.404 e. The standard InChI is InChI=1S/C14H12ClF3N6O3/c1-24-13(21-22-23-24)20-12(26)7-4-5-8(27-14(16,17)18)10(9(7)15)19-11(25)6-2-3-6/h4-6H,2-3H2,1H3,(H,19,25)(H,20,21,23,26). The summed E-state index contributed by atoms with van der Waals surface area (Å²) in [5.74, 6) is -2.31. The topological polar surface area (TPSA) is 111 Å². The second-order valence-corrected chi connectivity index (χ2v) is 6.07. The molecule has 2 amide bonds. The number of nitrogens with one attached hydrogen (secondary N) is 2. The highest BCUT2D eigenvalue weighted by atomic mass is 35.5. The summed E-state index contributed by atoms with van der Waals surface area (Å²) < 4.78 is 43.0. The lowest BCUT2D eigenvalue weighted by Gasteiger charge is -2.17. The molecule has 1 aliphatic carbocycles. The number of ether oxygens (including phenoxy) is 1.